The number of benzene rings is 2. The van der Waals surface area contributed by atoms with Gasteiger partial charge in [-0.05, 0) is 24.3 Å². The maximum atomic E-state index is 13.6. The molecule has 2 rings (SSSR count). The van der Waals surface area contributed by atoms with Crippen LogP contribution in [0.1, 0.15) is 11.1 Å². The third-order valence-electron chi connectivity index (χ3n) is 3.23. The van der Waals surface area contributed by atoms with Crippen molar-refractivity contribution in [3.05, 3.63) is 52.3 Å². The zero-order chi connectivity index (χ0) is 17.5. The minimum Gasteiger partial charge on any atom is -0.493 e. The molecule has 24 heavy (non-hydrogen) atoms. The van der Waals surface area contributed by atoms with Crippen molar-refractivity contribution < 1.29 is 23.4 Å². The number of methoxy groups -OCH3 is 3. The molecule has 0 spiro atoms. The van der Waals surface area contributed by atoms with Crippen LogP contribution in [-0.4, -0.2) is 27.5 Å². The Hall–Kier alpha value is -2.47. The molecule has 7 heteroatoms. The van der Waals surface area contributed by atoms with Gasteiger partial charge in [0.2, 0.25) is 5.75 Å². The van der Waals surface area contributed by atoms with Crippen molar-refractivity contribution in [2.24, 2.45) is 5.16 Å². The molecule has 5 nitrogen and oxygen atoms in total. The van der Waals surface area contributed by atoms with Gasteiger partial charge in [0.25, 0.3) is 0 Å². The molecule has 0 saturated carbocycles. The second kappa shape index (κ2) is 8.40. The van der Waals surface area contributed by atoms with Crippen molar-refractivity contribution in [2.75, 3.05) is 21.3 Å². The Morgan fingerprint density at radius 1 is 1.08 bits per heavy atom. The first-order valence-corrected chi connectivity index (χ1v) is 7.36. The lowest BCUT2D eigenvalue weighted by Crippen LogP contribution is -1.97. The van der Waals surface area contributed by atoms with E-state index in [0.29, 0.717) is 22.8 Å². The maximum absolute atomic E-state index is 13.6. The number of nitrogens with zero attached hydrogens (tertiary/aromatic N) is 1. The fourth-order valence-corrected chi connectivity index (χ4v) is 2.26. The largest absolute Gasteiger partial charge is 0.493 e. The van der Waals surface area contributed by atoms with E-state index in [0.717, 1.165) is 0 Å². The molecule has 0 aromatic heterocycles. The summed E-state index contributed by atoms with van der Waals surface area (Å²) in [5, 5.41) is 4.11. The van der Waals surface area contributed by atoms with Gasteiger partial charge in [-0.25, -0.2) is 4.39 Å². The molecular formula is C17H17ClFNO4. The van der Waals surface area contributed by atoms with Crippen LogP contribution in [0.25, 0.3) is 0 Å². The van der Waals surface area contributed by atoms with Crippen LogP contribution in [0.2, 0.25) is 5.02 Å². The van der Waals surface area contributed by atoms with Crippen LogP contribution in [0.3, 0.4) is 0 Å². The van der Waals surface area contributed by atoms with Gasteiger partial charge in [-0.15, -0.1) is 0 Å². The Labute approximate surface area is 144 Å². The number of hydrogen-bond acceptors (Lipinski definition) is 5. The summed E-state index contributed by atoms with van der Waals surface area (Å²) in [5.41, 5.74) is 0.922. The minimum atomic E-state index is -0.439. The highest BCUT2D eigenvalue weighted by molar-refractivity contribution is 6.31. The molecule has 2 aromatic rings. The van der Waals surface area contributed by atoms with E-state index >= 15 is 0 Å². The van der Waals surface area contributed by atoms with Gasteiger partial charge < -0.3 is 19.0 Å². The summed E-state index contributed by atoms with van der Waals surface area (Å²) < 4.78 is 29.4. The Kier molecular flexibility index (Phi) is 6.26. The molecule has 128 valence electrons. The highest BCUT2D eigenvalue weighted by Gasteiger charge is 2.12. The molecular weight excluding hydrogens is 337 g/mol. The second-order valence-electron chi connectivity index (χ2n) is 4.67. The highest BCUT2D eigenvalue weighted by Crippen LogP contribution is 2.37. The van der Waals surface area contributed by atoms with Crippen molar-refractivity contribution in [3.8, 4) is 17.2 Å². The van der Waals surface area contributed by atoms with Gasteiger partial charge in [-0.1, -0.05) is 22.8 Å². The predicted molar refractivity (Wildman–Crippen MR) is 89.9 cm³/mol. The summed E-state index contributed by atoms with van der Waals surface area (Å²) >= 11 is 5.92. The Balaban J connectivity index is 2.12. The molecule has 2 aromatic carbocycles. The number of rotatable bonds is 7. The smallest absolute Gasteiger partial charge is 0.203 e. The lowest BCUT2D eigenvalue weighted by molar-refractivity contribution is 0.129. The zero-order valence-electron chi connectivity index (χ0n) is 13.5. The van der Waals surface area contributed by atoms with Gasteiger partial charge in [-0.2, -0.15) is 0 Å². The fourth-order valence-electron chi connectivity index (χ4n) is 2.05. The van der Waals surface area contributed by atoms with Crippen molar-refractivity contribution in [3.63, 3.8) is 0 Å². The molecule has 0 unspecified atom stereocenters. The SMILES string of the molecule is COc1cc(/C=N\OCc2c(F)cccc2Cl)cc(OC)c1OC. The minimum absolute atomic E-state index is 0.0770. The average Bonchev–Trinajstić information content (AvgIpc) is 2.59. The highest BCUT2D eigenvalue weighted by atomic mass is 35.5. The van der Waals surface area contributed by atoms with Crippen LogP contribution in [0, 0.1) is 5.82 Å². The molecule has 0 aliphatic heterocycles. The molecule has 0 amide bonds. The van der Waals surface area contributed by atoms with Crippen molar-refractivity contribution in [1.82, 2.24) is 0 Å². The number of halogens is 2. The molecule has 0 radical (unpaired) electrons. The summed E-state index contributed by atoms with van der Waals surface area (Å²) in [6.45, 7) is -0.0770. The van der Waals surface area contributed by atoms with E-state index in [1.807, 2.05) is 0 Å². The van der Waals surface area contributed by atoms with E-state index in [-0.39, 0.29) is 17.2 Å². The van der Waals surface area contributed by atoms with Crippen molar-refractivity contribution in [1.29, 1.82) is 0 Å². The van der Waals surface area contributed by atoms with Crippen LogP contribution in [0.5, 0.6) is 17.2 Å². The first kappa shape index (κ1) is 17.9. The van der Waals surface area contributed by atoms with Gasteiger partial charge in [0.1, 0.15) is 12.4 Å². The van der Waals surface area contributed by atoms with E-state index < -0.39 is 5.82 Å². The van der Waals surface area contributed by atoms with Gasteiger partial charge in [0.05, 0.1) is 32.6 Å². The number of oxime groups is 1. The normalized spacial score (nSPS) is 10.7. The van der Waals surface area contributed by atoms with E-state index in [1.165, 1.54) is 39.7 Å². The Morgan fingerprint density at radius 2 is 1.75 bits per heavy atom. The van der Waals surface area contributed by atoms with Crippen molar-refractivity contribution in [2.45, 2.75) is 6.61 Å². The van der Waals surface area contributed by atoms with E-state index in [2.05, 4.69) is 5.16 Å². The average molecular weight is 354 g/mol. The summed E-state index contributed by atoms with van der Waals surface area (Å²) in [6, 6.07) is 7.86. The lowest BCUT2D eigenvalue weighted by atomic mass is 10.2. The van der Waals surface area contributed by atoms with Crippen LogP contribution in [0.4, 0.5) is 4.39 Å². The van der Waals surface area contributed by atoms with E-state index in [9.17, 15) is 4.39 Å². The first-order valence-electron chi connectivity index (χ1n) is 6.99. The van der Waals surface area contributed by atoms with Crippen LogP contribution < -0.4 is 14.2 Å². The quantitative estimate of drug-likeness (QED) is 0.556. The molecule has 0 heterocycles. The fraction of sp³-hybridized carbons (Fsp3) is 0.235. The summed E-state index contributed by atoms with van der Waals surface area (Å²) in [7, 11) is 4.57. The molecule has 0 atom stereocenters. The van der Waals surface area contributed by atoms with Crippen LogP contribution in [-0.2, 0) is 11.4 Å². The number of ether oxygens (including phenoxy) is 3. The van der Waals surface area contributed by atoms with Gasteiger partial charge in [-0.3, -0.25) is 0 Å². The third kappa shape index (κ3) is 4.08. The van der Waals surface area contributed by atoms with Crippen LogP contribution in [0.15, 0.2) is 35.5 Å². The third-order valence-corrected chi connectivity index (χ3v) is 3.59. The molecule has 0 aliphatic carbocycles. The van der Waals surface area contributed by atoms with Gasteiger partial charge in [0, 0.05) is 11.1 Å². The molecule has 0 aliphatic rings. The van der Waals surface area contributed by atoms with E-state index in [1.54, 1.807) is 18.2 Å². The molecule has 0 N–H and O–H groups in total. The summed E-state index contributed by atoms with van der Waals surface area (Å²) in [5.74, 6) is 1.03. The Bertz CT molecular complexity index is 691. The second-order valence-corrected chi connectivity index (χ2v) is 5.07. The monoisotopic (exact) mass is 353 g/mol. The first-order chi connectivity index (χ1) is 11.6. The molecule has 0 fully saturated rings. The number of hydrogen-bond donors (Lipinski definition) is 0. The maximum Gasteiger partial charge on any atom is 0.203 e. The van der Waals surface area contributed by atoms with Crippen LogP contribution >= 0.6 is 11.6 Å². The zero-order valence-corrected chi connectivity index (χ0v) is 14.3. The van der Waals surface area contributed by atoms with Gasteiger partial charge in [0.15, 0.2) is 11.5 Å². The Morgan fingerprint density at radius 3 is 2.29 bits per heavy atom. The summed E-state index contributed by atoms with van der Waals surface area (Å²) in [4.78, 5) is 5.12. The topological polar surface area (TPSA) is 49.3 Å². The van der Waals surface area contributed by atoms with E-state index in [4.69, 9.17) is 30.6 Å². The standard InChI is InChI=1S/C17H17ClFNO4/c1-21-15-7-11(8-16(22-2)17(15)23-3)9-20-24-10-12-13(18)5-4-6-14(12)19/h4-9H,10H2,1-3H3/b20-9-. The van der Waals surface area contributed by atoms with Gasteiger partial charge >= 0.3 is 0 Å². The lowest BCUT2D eigenvalue weighted by Gasteiger charge is -2.12. The summed E-state index contributed by atoms with van der Waals surface area (Å²) in [6.07, 6.45) is 1.46. The molecule has 0 saturated heterocycles. The molecule has 0 bridgehead atoms. The predicted octanol–water partition coefficient (Wildman–Crippen LogP) is 4.06. The van der Waals surface area contributed by atoms with Crippen molar-refractivity contribution >= 4 is 17.8 Å².